The number of aromatic amines is 1. The van der Waals surface area contributed by atoms with Crippen LogP contribution in [0.5, 0.6) is 0 Å². The van der Waals surface area contributed by atoms with E-state index in [-0.39, 0.29) is 11.7 Å². The van der Waals surface area contributed by atoms with Gasteiger partial charge < -0.3 is 5.32 Å². The van der Waals surface area contributed by atoms with Crippen molar-refractivity contribution in [3.8, 4) is 0 Å². The highest BCUT2D eigenvalue weighted by molar-refractivity contribution is 5.94. The largest absolute Gasteiger partial charge is 0.348 e. The maximum absolute atomic E-state index is 13.5. The number of aryl methyl sites for hydroxylation is 3. The van der Waals surface area contributed by atoms with Crippen LogP contribution in [0.3, 0.4) is 0 Å². The van der Waals surface area contributed by atoms with Crippen molar-refractivity contribution in [1.29, 1.82) is 0 Å². The van der Waals surface area contributed by atoms with Crippen LogP contribution in [0.25, 0.3) is 0 Å². The molecule has 0 radical (unpaired) electrons. The molecule has 5 heteroatoms. The van der Waals surface area contributed by atoms with Gasteiger partial charge in [0.25, 0.3) is 5.91 Å². The maximum atomic E-state index is 13.5. The molecule has 0 fully saturated rings. The zero-order chi connectivity index (χ0) is 14.0. The second-order valence-electron chi connectivity index (χ2n) is 4.63. The number of benzene rings is 1. The fraction of sp³-hybridized carbons (Fsp3) is 0.286. The van der Waals surface area contributed by atoms with E-state index in [4.69, 9.17) is 0 Å². The summed E-state index contributed by atoms with van der Waals surface area (Å²) in [5, 5.41) is 9.31. The molecule has 100 valence electrons. The molecule has 1 aromatic heterocycles. The molecule has 1 aromatic carbocycles. The van der Waals surface area contributed by atoms with E-state index in [1.807, 2.05) is 0 Å². The number of carbonyl (C=O) groups is 1. The molecule has 0 aliphatic carbocycles. The minimum absolute atomic E-state index is 0.189. The van der Waals surface area contributed by atoms with Gasteiger partial charge in [-0.25, -0.2) is 4.39 Å². The topological polar surface area (TPSA) is 57.8 Å². The molecule has 0 spiro atoms. The van der Waals surface area contributed by atoms with Gasteiger partial charge in [-0.05, 0) is 37.5 Å². The Morgan fingerprint density at radius 1 is 1.32 bits per heavy atom. The Labute approximate surface area is 111 Å². The molecule has 4 nitrogen and oxygen atoms in total. The van der Waals surface area contributed by atoms with Gasteiger partial charge in [0, 0.05) is 12.2 Å². The predicted octanol–water partition coefficient (Wildman–Crippen LogP) is 2.40. The van der Waals surface area contributed by atoms with Gasteiger partial charge in [0.1, 0.15) is 5.82 Å². The number of hydrogen-bond acceptors (Lipinski definition) is 2. The van der Waals surface area contributed by atoms with Gasteiger partial charge in [-0.1, -0.05) is 12.1 Å². The van der Waals surface area contributed by atoms with Gasteiger partial charge in [-0.15, -0.1) is 0 Å². The molecule has 2 N–H and O–H groups in total. The van der Waals surface area contributed by atoms with Crippen LogP contribution in [0.2, 0.25) is 0 Å². The molecule has 2 rings (SSSR count). The first-order valence-electron chi connectivity index (χ1n) is 6.03. The molecule has 0 unspecified atom stereocenters. The van der Waals surface area contributed by atoms with Crippen LogP contribution in [-0.4, -0.2) is 16.1 Å². The Balaban J connectivity index is 2.07. The molecule has 0 aliphatic heterocycles. The van der Waals surface area contributed by atoms with E-state index in [1.165, 1.54) is 6.20 Å². The van der Waals surface area contributed by atoms with Gasteiger partial charge in [-0.2, -0.15) is 5.10 Å². The summed E-state index contributed by atoms with van der Waals surface area (Å²) in [5.41, 5.74) is 3.30. The monoisotopic (exact) mass is 261 g/mol. The molecule has 0 aliphatic rings. The Morgan fingerprint density at radius 2 is 1.95 bits per heavy atom. The van der Waals surface area contributed by atoms with Crippen LogP contribution in [0.1, 0.15) is 32.7 Å². The summed E-state index contributed by atoms with van der Waals surface area (Å²) in [7, 11) is 0. The molecule has 0 saturated heterocycles. The van der Waals surface area contributed by atoms with Crippen LogP contribution >= 0.6 is 0 Å². The van der Waals surface area contributed by atoms with Gasteiger partial charge in [0.15, 0.2) is 0 Å². The molecule has 19 heavy (non-hydrogen) atoms. The first kappa shape index (κ1) is 13.3. The highest BCUT2D eigenvalue weighted by atomic mass is 19.1. The molecule has 0 saturated carbocycles. The third-order valence-electron chi connectivity index (χ3n) is 3.02. The lowest BCUT2D eigenvalue weighted by atomic mass is 10.1. The zero-order valence-electron chi connectivity index (χ0n) is 11.2. The number of H-pyrrole nitrogens is 1. The Bertz CT molecular complexity index is 596. The van der Waals surface area contributed by atoms with Gasteiger partial charge >= 0.3 is 0 Å². The van der Waals surface area contributed by atoms with Crippen molar-refractivity contribution in [3.63, 3.8) is 0 Å². The summed E-state index contributed by atoms with van der Waals surface area (Å²) in [5.74, 6) is -0.383. The lowest BCUT2D eigenvalue weighted by Gasteiger charge is -2.08. The Hall–Kier alpha value is -2.17. The lowest BCUT2D eigenvalue weighted by Crippen LogP contribution is -2.23. The number of aromatic nitrogens is 2. The average Bonchev–Trinajstić information content (AvgIpc) is 2.79. The second kappa shape index (κ2) is 5.22. The van der Waals surface area contributed by atoms with Crippen LogP contribution < -0.4 is 5.32 Å². The molecule has 0 atom stereocenters. The van der Waals surface area contributed by atoms with Crippen molar-refractivity contribution in [2.75, 3.05) is 0 Å². The Morgan fingerprint density at radius 3 is 2.47 bits per heavy atom. The van der Waals surface area contributed by atoms with Crippen molar-refractivity contribution in [3.05, 3.63) is 52.1 Å². The fourth-order valence-electron chi connectivity index (χ4n) is 1.99. The molecule has 1 heterocycles. The third-order valence-corrected chi connectivity index (χ3v) is 3.02. The predicted molar refractivity (Wildman–Crippen MR) is 70.4 cm³/mol. The molecule has 0 bridgehead atoms. The first-order valence-corrected chi connectivity index (χ1v) is 6.03. The van der Waals surface area contributed by atoms with Crippen LogP contribution in [0.15, 0.2) is 18.3 Å². The van der Waals surface area contributed by atoms with E-state index in [0.717, 1.165) is 11.3 Å². The number of amides is 1. The number of carbonyl (C=O) groups excluding carboxylic acids is 1. The highest BCUT2D eigenvalue weighted by Gasteiger charge is 2.11. The summed E-state index contributed by atoms with van der Waals surface area (Å²) in [4.78, 5) is 11.9. The van der Waals surface area contributed by atoms with E-state index in [2.05, 4.69) is 15.5 Å². The number of halogens is 1. The summed E-state index contributed by atoms with van der Waals surface area (Å²) < 4.78 is 13.5. The first-order chi connectivity index (χ1) is 8.99. The summed E-state index contributed by atoms with van der Waals surface area (Å²) in [6.45, 7) is 5.58. The molecule has 2 aromatic rings. The van der Waals surface area contributed by atoms with E-state index in [0.29, 0.717) is 23.2 Å². The molecular weight excluding hydrogens is 245 g/mol. The van der Waals surface area contributed by atoms with E-state index in [1.54, 1.807) is 32.9 Å². The summed E-state index contributed by atoms with van der Waals surface area (Å²) >= 11 is 0. The minimum atomic E-state index is -0.194. The smallest absolute Gasteiger partial charge is 0.255 e. The standard InChI is InChI=1S/C14H16FN3O/c1-8-4-11(5-9(2)13(8)15)6-16-14(19)12-7-17-18-10(12)3/h4-5,7H,6H2,1-3H3,(H,16,19)(H,17,18). The zero-order valence-corrected chi connectivity index (χ0v) is 11.2. The number of hydrogen-bond donors (Lipinski definition) is 2. The maximum Gasteiger partial charge on any atom is 0.255 e. The van der Waals surface area contributed by atoms with Crippen LogP contribution in [0.4, 0.5) is 4.39 Å². The van der Waals surface area contributed by atoms with Crippen LogP contribution in [0, 0.1) is 26.6 Å². The normalized spacial score (nSPS) is 10.5. The highest BCUT2D eigenvalue weighted by Crippen LogP contribution is 2.14. The number of rotatable bonds is 3. The van der Waals surface area contributed by atoms with E-state index in [9.17, 15) is 9.18 Å². The third kappa shape index (κ3) is 2.81. The van der Waals surface area contributed by atoms with Crippen molar-refractivity contribution < 1.29 is 9.18 Å². The summed E-state index contributed by atoms with van der Waals surface area (Å²) in [6.07, 6.45) is 1.49. The van der Waals surface area contributed by atoms with Crippen LogP contribution in [-0.2, 0) is 6.54 Å². The quantitative estimate of drug-likeness (QED) is 0.891. The van der Waals surface area contributed by atoms with E-state index >= 15 is 0 Å². The summed E-state index contributed by atoms with van der Waals surface area (Å²) in [6, 6.07) is 3.48. The van der Waals surface area contributed by atoms with Gasteiger partial charge in [0.2, 0.25) is 0 Å². The van der Waals surface area contributed by atoms with Gasteiger partial charge in [-0.3, -0.25) is 9.89 Å². The molecular formula is C14H16FN3O. The second-order valence-corrected chi connectivity index (χ2v) is 4.63. The number of nitrogens with zero attached hydrogens (tertiary/aromatic N) is 1. The minimum Gasteiger partial charge on any atom is -0.348 e. The van der Waals surface area contributed by atoms with Crippen molar-refractivity contribution >= 4 is 5.91 Å². The van der Waals surface area contributed by atoms with Gasteiger partial charge in [0.05, 0.1) is 11.8 Å². The molecule has 1 amide bonds. The lowest BCUT2D eigenvalue weighted by molar-refractivity contribution is 0.0950. The van der Waals surface area contributed by atoms with Crippen molar-refractivity contribution in [2.24, 2.45) is 0 Å². The van der Waals surface area contributed by atoms with Crippen molar-refractivity contribution in [1.82, 2.24) is 15.5 Å². The fourth-order valence-corrected chi connectivity index (χ4v) is 1.99. The van der Waals surface area contributed by atoms with E-state index < -0.39 is 0 Å². The average molecular weight is 261 g/mol. The number of nitrogens with one attached hydrogen (secondary N) is 2. The SMILES string of the molecule is Cc1cc(CNC(=O)c2cn[nH]c2C)cc(C)c1F. The Kier molecular flexibility index (Phi) is 3.64. The van der Waals surface area contributed by atoms with Crippen molar-refractivity contribution in [2.45, 2.75) is 27.3 Å².